The number of rotatable bonds is 15. The monoisotopic (exact) mass is 1130 g/mol. The number of fused-ring (bicyclic) bond motifs is 4. The molecule has 8 heterocycles. The van der Waals surface area contributed by atoms with Crippen molar-refractivity contribution < 1.29 is 13.2 Å². The zero-order valence-corrected chi connectivity index (χ0v) is 47.8. The molecule has 0 saturated carbocycles. The number of anilines is 4. The fraction of sp³-hybridized carbons (Fsp3) is 0.164. The Balaban J connectivity index is 0.000000133. The Hall–Kier alpha value is -9.78. The largest absolute Gasteiger partial charge is 0.280 e. The molecule has 12 rings (SSSR count). The van der Waals surface area contributed by atoms with Gasteiger partial charge in [0, 0.05) is 89.9 Å². The summed E-state index contributed by atoms with van der Waals surface area (Å²) in [6.45, 7) is 16.6. The Bertz CT molecular complexity index is 4170. The predicted octanol–water partition coefficient (Wildman–Crippen LogP) is 15.9. The van der Waals surface area contributed by atoms with Crippen LogP contribution >= 0.6 is 11.6 Å². The van der Waals surface area contributed by atoms with Crippen LogP contribution in [0.15, 0.2) is 214 Å². The van der Waals surface area contributed by atoms with Crippen LogP contribution in [0.4, 0.5) is 35.9 Å². The van der Waals surface area contributed by atoms with Crippen molar-refractivity contribution in [1.82, 2.24) is 38.6 Å². The first-order valence-electron chi connectivity index (χ1n) is 27.3. The molecule has 0 atom stereocenters. The number of aromatic nitrogens is 8. The fourth-order valence-corrected chi connectivity index (χ4v) is 10.3. The summed E-state index contributed by atoms with van der Waals surface area (Å²) in [5, 5.41) is 13.1. The van der Waals surface area contributed by atoms with Gasteiger partial charge in [-0.05, 0) is 105 Å². The van der Waals surface area contributed by atoms with E-state index < -0.39 is 5.82 Å². The van der Waals surface area contributed by atoms with E-state index in [0.29, 0.717) is 28.6 Å². The van der Waals surface area contributed by atoms with Crippen molar-refractivity contribution in [1.29, 1.82) is 0 Å². The third-order valence-electron chi connectivity index (χ3n) is 13.8. The molecule has 420 valence electrons. The van der Waals surface area contributed by atoms with E-state index in [-0.39, 0.29) is 18.2 Å². The molecule has 0 amide bonds. The van der Waals surface area contributed by atoms with Crippen LogP contribution in [0.2, 0.25) is 5.02 Å². The van der Waals surface area contributed by atoms with Gasteiger partial charge >= 0.3 is 0 Å². The van der Waals surface area contributed by atoms with E-state index in [2.05, 4.69) is 116 Å². The molecule has 0 aliphatic carbocycles. The first-order valence-corrected chi connectivity index (χ1v) is 27.7. The summed E-state index contributed by atoms with van der Waals surface area (Å²) in [5.41, 5.74) is 10.2. The van der Waals surface area contributed by atoms with Gasteiger partial charge in [0.05, 0.1) is 75.0 Å². The predicted molar refractivity (Wildman–Crippen MR) is 334 cm³/mol. The quantitative estimate of drug-likeness (QED) is 0.0742. The van der Waals surface area contributed by atoms with Gasteiger partial charge in [-0.3, -0.25) is 58.7 Å². The molecule has 0 aliphatic heterocycles. The maximum absolute atomic E-state index is 14.2. The number of benzene rings is 4. The van der Waals surface area contributed by atoms with Crippen LogP contribution in [0.1, 0.15) is 43.5 Å². The SMILES string of the molecule is C#CCN(c1ccncc1F)n1cc(C)c2ccccc21.C=CCN(c1ccncc1F)n1ccc2ccccc21.CCCN(c1ccncc1Cl)n1cc(C)c2ccccc21.CCCN(c1ccncc1F)n1c(C)cc2ccccc21. The molecule has 16 heteroatoms. The zero-order valence-electron chi connectivity index (χ0n) is 47.0. The number of terminal acetylenes is 1. The molecule has 4 aromatic carbocycles. The van der Waals surface area contributed by atoms with E-state index in [1.165, 1.54) is 35.1 Å². The topological polar surface area (TPSA) is 84.2 Å². The molecule has 0 radical (unpaired) electrons. The van der Waals surface area contributed by atoms with Gasteiger partial charge in [0.2, 0.25) is 0 Å². The smallest absolute Gasteiger partial charge is 0.166 e. The van der Waals surface area contributed by atoms with Gasteiger partial charge < -0.3 is 0 Å². The van der Waals surface area contributed by atoms with Gasteiger partial charge in [-0.1, -0.05) is 110 Å². The Morgan fingerprint density at radius 2 is 0.988 bits per heavy atom. The minimum Gasteiger partial charge on any atom is -0.280 e. The van der Waals surface area contributed by atoms with Gasteiger partial charge in [-0.15, -0.1) is 13.0 Å². The molecule has 12 nitrogen and oxygen atoms in total. The lowest BCUT2D eigenvalue weighted by atomic mass is 10.2. The van der Waals surface area contributed by atoms with Crippen molar-refractivity contribution in [2.24, 2.45) is 0 Å². The second-order valence-corrected chi connectivity index (χ2v) is 19.8. The molecular weight excluding hydrogens is 1070 g/mol. The standard InChI is InChI=1S/C17H18ClN3.C17H14FN3.C17H18FN3.C16H14FN3/c2*1-3-10-20(17-8-9-19-11-15(17)18)21-12-13(2)14-6-4-5-7-16(14)21;1-3-10-20(17-8-9-19-12-15(17)18)21-13(2)11-14-6-4-5-7-16(14)21;1-2-10-19(16-7-9-18-12-14(16)17)20-11-8-13-5-3-4-6-15(13)20/h4-9,11-12H,3,10H2,1-2H3;1,4-9,11-12H,10H2,2H3;4-9,11-12H,3,10H2,1-2H3;2-9,11-12H,1,10H2. The van der Waals surface area contributed by atoms with E-state index in [1.54, 1.807) is 60.3 Å². The molecule has 0 bridgehead atoms. The number of nitrogens with zero attached hydrogens (tertiary/aromatic N) is 12. The van der Waals surface area contributed by atoms with Crippen molar-refractivity contribution >= 4 is 78.0 Å². The molecule has 12 aromatic rings. The Morgan fingerprint density at radius 1 is 0.530 bits per heavy atom. The highest BCUT2D eigenvalue weighted by Crippen LogP contribution is 2.31. The fourth-order valence-electron chi connectivity index (χ4n) is 10.1. The van der Waals surface area contributed by atoms with Gasteiger partial charge in [0.15, 0.2) is 17.5 Å². The van der Waals surface area contributed by atoms with Crippen molar-refractivity contribution in [2.75, 3.05) is 46.2 Å². The highest BCUT2D eigenvalue weighted by molar-refractivity contribution is 6.33. The summed E-state index contributed by atoms with van der Waals surface area (Å²) < 4.78 is 50.3. The van der Waals surface area contributed by atoms with Crippen molar-refractivity contribution in [3.63, 3.8) is 0 Å². The van der Waals surface area contributed by atoms with Crippen LogP contribution < -0.4 is 20.0 Å². The maximum atomic E-state index is 14.2. The van der Waals surface area contributed by atoms with Crippen LogP contribution in [0, 0.1) is 50.6 Å². The summed E-state index contributed by atoms with van der Waals surface area (Å²) >= 11 is 6.35. The number of para-hydroxylation sites is 4. The minimum absolute atomic E-state index is 0.263. The number of pyridine rings is 4. The van der Waals surface area contributed by atoms with E-state index in [1.807, 2.05) is 118 Å². The van der Waals surface area contributed by atoms with E-state index >= 15 is 0 Å². The average molecular weight is 1130 g/mol. The second kappa shape index (κ2) is 27.1. The zero-order chi connectivity index (χ0) is 58.4. The Kier molecular flexibility index (Phi) is 18.9. The molecule has 0 spiro atoms. The number of halogens is 4. The van der Waals surface area contributed by atoms with Gasteiger partial charge in [-0.25, -0.2) is 13.2 Å². The average Bonchev–Trinajstić information content (AvgIpc) is 3.58. The lowest BCUT2D eigenvalue weighted by molar-refractivity contribution is 0.593. The van der Waals surface area contributed by atoms with Crippen molar-refractivity contribution in [3.05, 3.63) is 254 Å². The van der Waals surface area contributed by atoms with Crippen LogP contribution in [-0.2, 0) is 0 Å². The third-order valence-corrected chi connectivity index (χ3v) is 14.1. The number of hydrogen-bond acceptors (Lipinski definition) is 8. The first-order chi connectivity index (χ1) is 40.5. The van der Waals surface area contributed by atoms with E-state index in [0.717, 1.165) is 75.6 Å². The molecule has 0 saturated heterocycles. The molecule has 0 aliphatic rings. The maximum Gasteiger partial charge on any atom is 0.166 e. The number of aryl methyl sites for hydroxylation is 3. The van der Waals surface area contributed by atoms with Crippen LogP contribution in [-0.4, -0.2) is 64.8 Å². The highest BCUT2D eigenvalue weighted by atomic mass is 35.5. The van der Waals surface area contributed by atoms with E-state index in [9.17, 15) is 13.2 Å². The van der Waals surface area contributed by atoms with Crippen LogP contribution in [0.3, 0.4) is 0 Å². The molecule has 0 unspecified atom stereocenters. The highest BCUT2D eigenvalue weighted by Gasteiger charge is 2.20. The normalized spacial score (nSPS) is 10.8. The lowest BCUT2D eigenvalue weighted by Crippen LogP contribution is -2.31. The van der Waals surface area contributed by atoms with E-state index in [4.69, 9.17) is 18.0 Å². The van der Waals surface area contributed by atoms with Gasteiger partial charge in [-0.2, -0.15) is 0 Å². The summed E-state index contributed by atoms with van der Waals surface area (Å²) in [6.07, 6.45) is 27.1. The van der Waals surface area contributed by atoms with Gasteiger partial charge in [0.25, 0.3) is 0 Å². The molecule has 83 heavy (non-hydrogen) atoms. The van der Waals surface area contributed by atoms with Crippen LogP contribution in [0.5, 0.6) is 0 Å². The molecule has 8 aromatic heterocycles. The molecule has 0 N–H and O–H groups in total. The second-order valence-electron chi connectivity index (χ2n) is 19.4. The van der Waals surface area contributed by atoms with Crippen molar-refractivity contribution in [2.45, 2.75) is 47.5 Å². The van der Waals surface area contributed by atoms with Crippen molar-refractivity contribution in [3.8, 4) is 12.3 Å². The summed E-state index contributed by atoms with van der Waals surface area (Å²) in [4.78, 5) is 15.5. The summed E-state index contributed by atoms with van der Waals surface area (Å²) in [5.74, 6) is 1.53. The number of hydrogen-bond donors (Lipinski definition) is 0. The van der Waals surface area contributed by atoms with Gasteiger partial charge in [0.1, 0.15) is 6.54 Å². The third kappa shape index (κ3) is 12.7. The lowest BCUT2D eigenvalue weighted by Gasteiger charge is -2.28. The minimum atomic E-state index is -0.400. The Labute approximate surface area is 487 Å². The Morgan fingerprint density at radius 3 is 1.52 bits per heavy atom. The molecular formula is C67H64ClF3N12. The summed E-state index contributed by atoms with van der Waals surface area (Å²) in [6, 6.07) is 43.6. The molecule has 0 fully saturated rings. The van der Waals surface area contributed by atoms with Crippen LogP contribution in [0.25, 0.3) is 43.6 Å². The summed E-state index contributed by atoms with van der Waals surface area (Å²) in [7, 11) is 0. The first kappa shape index (κ1) is 57.9.